The number of nitrogens with one attached hydrogen (secondary N) is 1. The summed E-state index contributed by atoms with van der Waals surface area (Å²) in [5.74, 6) is -0.0789. The van der Waals surface area contributed by atoms with Gasteiger partial charge < -0.3 is 19.2 Å². The molecule has 1 aliphatic rings. The highest BCUT2D eigenvalue weighted by Crippen LogP contribution is 2.36. The maximum Gasteiger partial charge on any atom is 0.340 e. The molecule has 0 unspecified atom stereocenters. The summed E-state index contributed by atoms with van der Waals surface area (Å²) in [6.07, 6.45) is 3.17. The van der Waals surface area contributed by atoms with Crippen LogP contribution in [0.4, 0.5) is 5.69 Å². The zero-order valence-electron chi connectivity index (χ0n) is 19.6. The van der Waals surface area contributed by atoms with Gasteiger partial charge in [0.15, 0.2) is 6.61 Å². The number of allylic oxidation sites excluding steroid dienone is 1. The Balaban J connectivity index is 1.49. The van der Waals surface area contributed by atoms with E-state index in [-0.39, 0.29) is 36.1 Å². The molecule has 4 rings (SSSR count). The van der Waals surface area contributed by atoms with Crippen LogP contribution in [0.5, 0.6) is 5.75 Å². The molecule has 1 aliphatic heterocycles. The van der Waals surface area contributed by atoms with Crippen molar-refractivity contribution in [1.29, 1.82) is 0 Å². The number of halogens is 1. The van der Waals surface area contributed by atoms with Gasteiger partial charge in [0.2, 0.25) is 0 Å². The van der Waals surface area contributed by atoms with E-state index in [9.17, 15) is 14.4 Å². The monoisotopic (exact) mass is 550 g/mol. The first-order valence-electron chi connectivity index (χ1n) is 11.0. The number of anilines is 1. The van der Waals surface area contributed by atoms with Crippen LogP contribution < -0.4 is 15.0 Å². The van der Waals surface area contributed by atoms with Gasteiger partial charge in [0.1, 0.15) is 11.5 Å². The summed E-state index contributed by atoms with van der Waals surface area (Å²) in [6.45, 7) is 1.83. The van der Waals surface area contributed by atoms with E-state index in [1.165, 1.54) is 18.3 Å². The highest BCUT2D eigenvalue weighted by Gasteiger charge is 2.37. The third kappa shape index (κ3) is 5.58. The molecule has 0 fully saturated rings. The smallest absolute Gasteiger partial charge is 0.340 e. The number of benzene rings is 2. The standard InChI is InChI=1S/C27H23BrN2O6/c1-17-25(27(33)34-2)23(26(32)30(17)20-6-3-5-19(28)14-20)13-18-8-10-21(11-9-18)36-16-24(31)29-15-22-7-4-12-35-22/h3-14H,15-16H2,1-2H3,(H,29,31)/b23-13-. The van der Waals surface area contributed by atoms with Gasteiger partial charge in [-0.05, 0) is 61.0 Å². The van der Waals surface area contributed by atoms with E-state index >= 15 is 0 Å². The number of hydrogen-bond donors (Lipinski definition) is 1. The van der Waals surface area contributed by atoms with Gasteiger partial charge in [-0.15, -0.1) is 0 Å². The molecule has 2 amide bonds. The summed E-state index contributed by atoms with van der Waals surface area (Å²) < 4.78 is 16.5. The lowest BCUT2D eigenvalue weighted by Crippen LogP contribution is -2.28. The molecule has 0 saturated heterocycles. The first-order valence-corrected chi connectivity index (χ1v) is 11.8. The molecule has 2 heterocycles. The van der Waals surface area contributed by atoms with Gasteiger partial charge in [0, 0.05) is 10.2 Å². The molecule has 8 nitrogen and oxygen atoms in total. The van der Waals surface area contributed by atoms with Crippen molar-refractivity contribution in [3.63, 3.8) is 0 Å². The second kappa shape index (κ2) is 11.1. The third-order valence-corrected chi connectivity index (χ3v) is 5.95. The Morgan fingerprint density at radius 1 is 1.11 bits per heavy atom. The zero-order chi connectivity index (χ0) is 25.7. The molecule has 0 aliphatic carbocycles. The quantitative estimate of drug-likeness (QED) is 0.324. The highest BCUT2D eigenvalue weighted by molar-refractivity contribution is 9.10. The summed E-state index contributed by atoms with van der Waals surface area (Å²) in [5, 5.41) is 2.70. The molecule has 1 aromatic heterocycles. The predicted molar refractivity (Wildman–Crippen MR) is 137 cm³/mol. The number of ether oxygens (including phenoxy) is 2. The lowest BCUT2D eigenvalue weighted by molar-refractivity contribution is -0.136. The number of esters is 1. The average Bonchev–Trinajstić information content (AvgIpc) is 3.48. The molecule has 9 heteroatoms. The van der Waals surface area contributed by atoms with Crippen molar-refractivity contribution in [2.75, 3.05) is 18.6 Å². The normalized spacial score (nSPS) is 14.4. The van der Waals surface area contributed by atoms with E-state index < -0.39 is 5.97 Å². The SMILES string of the molecule is COC(=O)C1=C(C)N(c2cccc(Br)c2)C(=O)/C1=C\c1ccc(OCC(=O)NCc2ccco2)cc1. The highest BCUT2D eigenvalue weighted by atomic mass is 79.9. The van der Waals surface area contributed by atoms with Crippen LogP contribution in [0.25, 0.3) is 6.08 Å². The van der Waals surface area contributed by atoms with Gasteiger partial charge >= 0.3 is 5.97 Å². The van der Waals surface area contributed by atoms with Crippen LogP contribution >= 0.6 is 15.9 Å². The topological polar surface area (TPSA) is 98.1 Å². The third-order valence-electron chi connectivity index (χ3n) is 5.46. The second-order valence-electron chi connectivity index (χ2n) is 7.84. The molecular weight excluding hydrogens is 528 g/mol. The fourth-order valence-corrected chi connectivity index (χ4v) is 4.12. The Morgan fingerprint density at radius 2 is 1.89 bits per heavy atom. The summed E-state index contributed by atoms with van der Waals surface area (Å²) in [5.41, 5.74) is 2.22. The Morgan fingerprint density at radius 3 is 2.56 bits per heavy atom. The number of carbonyl (C=O) groups is 3. The van der Waals surface area contributed by atoms with E-state index in [4.69, 9.17) is 13.9 Å². The maximum absolute atomic E-state index is 13.4. The fourth-order valence-electron chi connectivity index (χ4n) is 3.73. The number of carbonyl (C=O) groups excluding carboxylic acids is 3. The Hall–Kier alpha value is -4.11. The molecule has 0 spiro atoms. The van der Waals surface area contributed by atoms with Gasteiger partial charge in [-0.25, -0.2) is 4.79 Å². The molecule has 184 valence electrons. The summed E-state index contributed by atoms with van der Waals surface area (Å²) in [4.78, 5) is 39.4. The lowest BCUT2D eigenvalue weighted by atomic mass is 10.0. The van der Waals surface area contributed by atoms with E-state index in [0.717, 1.165) is 4.47 Å². The average molecular weight is 551 g/mol. The molecule has 0 atom stereocenters. The Labute approximate surface area is 216 Å². The predicted octanol–water partition coefficient (Wildman–Crippen LogP) is 4.61. The minimum atomic E-state index is -0.592. The van der Waals surface area contributed by atoms with Crippen molar-refractivity contribution in [3.8, 4) is 5.75 Å². The molecule has 0 saturated carbocycles. The van der Waals surface area contributed by atoms with E-state index in [1.54, 1.807) is 61.5 Å². The van der Waals surface area contributed by atoms with Crippen molar-refractivity contribution >= 4 is 45.5 Å². The van der Waals surface area contributed by atoms with E-state index in [0.29, 0.717) is 28.5 Å². The number of methoxy groups -OCH3 is 1. The largest absolute Gasteiger partial charge is 0.484 e. The van der Waals surface area contributed by atoms with Gasteiger partial charge in [0.25, 0.3) is 11.8 Å². The fraction of sp³-hybridized carbons (Fsp3) is 0.148. The minimum Gasteiger partial charge on any atom is -0.484 e. The van der Waals surface area contributed by atoms with E-state index in [2.05, 4.69) is 21.2 Å². The van der Waals surface area contributed by atoms with Crippen LogP contribution in [0.2, 0.25) is 0 Å². The van der Waals surface area contributed by atoms with Gasteiger partial charge in [0.05, 0.1) is 36.8 Å². The van der Waals surface area contributed by atoms with Crippen LogP contribution in [-0.4, -0.2) is 31.5 Å². The molecule has 0 bridgehead atoms. The van der Waals surface area contributed by atoms with Crippen LogP contribution in [0, 0.1) is 0 Å². The van der Waals surface area contributed by atoms with Gasteiger partial charge in [-0.3, -0.25) is 14.5 Å². The number of rotatable bonds is 8. The van der Waals surface area contributed by atoms with Gasteiger partial charge in [-0.1, -0.05) is 34.1 Å². The summed E-state index contributed by atoms with van der Waals surface area (Å²) in [6, 6.07) is 17.6. The number of amides is 2. The Kier molecular flexibility index (Phi) is 7.70. The van der Waals surface area contributed by atoms with Crippen LogP contribution in [0.1, 0.15) is 18.2 Å². The zero-order valence-corrected chi connectivity index (χ0v) is 21.2. The second-order valence-corrected chi connectivity index (χ2v) is 8.76. The Bertz CT molecular complexity index is 1340. The number of nitrogens with zero attached hydrogens (tertiary/aromatic N) is 1. The van der Waals surface area contributed by atoms with Crippen LogP contribution in [0.3, 0.4) is 0 Å². The van der Waals surface area contributed by atoms with Crippen molar-refractivity contribution in [2.24, 2.45) is 0 Å². The molecule has 0 radical (unpaired) electrons. The van der Waals surface area contributed by atoms with Crippen LogP contribution in [-0.2, 0) is 25.7 Å². The summed E-state index contributed by atoms with van der Waals surface area (Å²) in [7, 11) is 1.28. The summed E-state index contributed by atoms with van der Waals surface area (Å²) >= 11 is 3.42. The molecule has 2 aromatic carbocycles. The number of furan rings is 1. The first kappa shape index (κ1) is 25.0. The molecule has 36 heavy (non-hydrogen) atoms. The maximum atomic E-state index is 13.4. The lowest BCUT2D eigenvalue weighted by Gasteiger charge is -2.18. The van der Waals surface area contributed by atoms with Crippen LogP contribution in [0.15, 0.2) is 92.7 Å². The van der Waals surface area contributed by atoms with Gasteiger partial charge in [-0.2, -0.15) is 0 Å². The van der Waals surface area contributed by atoms with E-state index in [1.807, 2.05) is 12.1 Å². The molecular formula is C27H23BrN2O6. The van der Waals surface area contributed by atoms with Crippen molar-refractivity contribution in [1.82, 2.24) is 5.32 Å². The van der Waals surface area contributed by atoms with Crippen molar-refractivity contribution in [2.45, 2.75) is 13.5 Å². The first-order chi connectivity index (χ1) is 17.4. The van der Waals surface area contributed by atoms with Crippen molar-refractivity contribution in [3.05, 3.63) is 99.6 Å². The minimum absolute atomic E-state index is 0.157. The molecule has 1 N–H and O–H groups in total. The number of hydrogen-bond acceptors (Lipinski definition) is 6. The molecule has 3 aromatic rings. The van der Waals surface area contributed by atoms with Crippen molar-refractivity contribution < 1.29 is 28.3 Å².